The summed E-state index contributed by atoms with van der Waals surface area (Å²) >= 11 is 0. The maximum absolute atomic E-state index is 5.00. The number of rotatable bonds is 1. The minimum atomic E-state index is 0.500. The molecule has 0 amide bonds. The van der Waals surface area contributed by atoms with E-state index in [0.29, 0.717) is 6.04 Å². The summed E-state index contributed by atoms with van der Waals surface area (Å²) in [6, 6.07) is 2.43. The number of hydrogen-bond acceptors (Lipinski definition) is 2. The third kappa shape index (κ3) is 0.733. The van der Waals surface area contributed by atoms with Crippen molar-refractivity contribution in [3.63, 3.8) is 0 Å². The van der Waals surface area contributed by atoms with Gasteiger partial charge in [0.1, 0.15) is 0 Å². The van der Waals surface area contributed by atoms with E-state index < -0.39 is 0 Å². The molecule has 0 spiro atoms. The molecule has 2 heterocycles. The molecule has 3 nitrogen and oxygen atoms in total. The fourth-order valence-corrected chi connectivity index (χ4v) is 0.873. The summed E-state index contributed by atoms with van der Waals surface area (Å²) in [6.07, 6.45) is 3.76. The van der Waals surface area contributed by atoms with Gasteiger partial charge in [-0.1, -0.05) is 0 Å². The highest BCUT2D eigenvalue weighted by Crippen LogP contribution is 2.14. The molecule has 1 aliphatic rings. The van der Waals surface area contributed by atoms with Crippen molar-refractivity contribution < 1.29 is 4.74 Å². The maximum Gasteiger partial charge on any atom is 0.0985 e. The average molecular weight is 124 g/mol. The topological polar surface area (TPSA) is 27.1 Å². The van der Waals surface area contributed by atoms with Crippen molar-refractivity contribution in [2.24, 2.45) is 0 Å². The molecule has 0 atom stereocenters. The molecule has 1 aromatic heterocycles. The summed E-state index contributed by atoms with van der Waals surface area (Å²) in [5, 5.41) is 4.07. The smallest absolute Gasteiger partial charge is 0.0985 e. The number of hydrogen-bond donors (Lipinski definition) is 0. The van der Waals surface area contributed by atoms with Gasteiger partial charge in [-0.2, -0.15) is 5.10 Å². The van der Waals surface area contributed by atoms with Crippen molar-refractivity contribution in [1.29, 1.82) is 0 Å². The lowest BCUT2D eigenvalue weighted by Gasteiger charge is -2.25. The van der Waals surface area contributed by atoms with Crippen LogP contribution in [0.15, 0.2) is 18.5 Å². The van der Waals surface area contributed by atoms with Crippen molar-refractivity contribution in [1.82, 2.24) is 9.78 Å². The van der Waals surface area contributed by atoms with Gasteiger partial charge in [-0.3, -0.25) is 4.68 Å². The van der Waals surface area contributed by atoms with E-state index >= 15 is 0 Å². The molecule has 0 unspecified atom stereocenters. The lowest BCUT2D eigenvalue weighted by molar-refractivity contribution is -0.0286. The fraction of sp³-hybridized carbons (Fsp3) is 0.500. The van der Waals surface area contributed by atoms with E-state index in [1.807, 2.05) is 16.9 Å². The Balaban J connectivity index is 2.14. The minimum absolute atomic E-state index is 0.500. The molecule has 3 heteroatoms. The zero-order chi connectivity index (χ0) is 6.10. The molecule has 9 heavy (non-hydrogen) atoms. The highest BCUT2D eigenvalue weighted by atomic mass is 16.5. The quantitative estimate of drug-likeness (QED) is 0.543. The Morgan fingerprint density at radius 2 is 2.44 bits per heavy atom. The maximum atomic E-state index is 5.00. The Labute approximate surface area is 53.2 Å². The lowest BCUT2D eigenvalue weighted by atomic mass is 10.3. The summed E-state index contributed by atoms with van der Waals surface area (Å²) < 4.78 is 6.93. The van der Waals surface area contributed by atoms with Crippen LogP contribution in [0.5, 0.6) is 0 Å². The van der Waals surface area contributed by atoms with E-state index in [1.54, 1.807) is 6.20 Å². The molecule has 0 saturated carbocycles. The van der Waals surface area contributed by atoms with Crippen LogP contribution in [0.25, 0.3) is 0 Å². The largest absolute Gasteiger partial charge is 0.377 e. The molecule has 0 aliphatic carbocycles. The van der Waals surface area contributed by atoms with E-state index in [9.17, 15) is 0 Å². The van der Waals surface area contributed by atoms with Crippen LogP contribution in [0.1, 0.15) is 6.04 Å². The van der Waals surface area contributed by atoms with Crippen LogP contribution in [0.2, 0.25) is 0 Å². The first kappa shape index (κ1) is 4.99. The fourth-order valence-electron chi connectivity index (χ4n) is 0.873. The molecule has 0 N–H and O–H groups in total. The van der Waals surface area contributed by atoms with Gasteiger partial charge < -0.3 is 4.74 Å². The van der Waals surface area contributed by atoms with Crippen molar-refractivity contribution >= 4 is 0 Å². The van der Waals surface area contributed by atoms with Crippen LogP contribution in [-0.2, 0) is 4.74 Å². The van der Waals surface area contributed by atoms with Crippen LogP contribution in [0.3, 0.4) is 0 Å². The van der Waals surface area contributed by atoms with Crippen molar-refractivity contribution in [2.45, 2.75) is 6.04 Å². The summed E-state index contributed by atoms with van der Waals surface area (Å²) in [5.41, 5.74) is 0. The van der Waals surface area contributed by atoms with Gasteiger partial charge in [0.2, 0.25) is 0 Å². The minimum Gasteiger partial charge on any atom is -0.377 e. The first-order valence-electron chi connectivity index (χ1n) is 3.04. The van der Waals surface area contributed by atoms with Crippen molar-refractivity contribution in [3.05, 3.63) is 18.5 Å². The first-order chi connectivity index (χ1) is 4.47. The third-order valence-corrected chi connectivity index (χ3v) is 1.52. The molecule has 0 aromatic carbocycles. The molecule has 0 radical (unpaired) electrons. The van der Waals surface area contributed by atoms with Crippen LogP contribution >= 0.6 is 0 Å². The Bertz CT molecular complexity index is 179. The Morgan fingerprint density at radius 3 is 2.89 bits per heavy atom. The second-order valence-corrected chi connectivity index (χ2v) is 2.18. The zero-order valence-electron chi connectivity index (χ0n) is 5.03. The van der Waals surface area contributed by atoms with Crippen LogP contribution in [0, 0.1) is 0 Å². The van der Waals surface area contributed by atoms with Crippen molar-refractivity contribution in [2.75, 3.05) is 13.2 Å². The van der Waals surface area contributed by atoms with Gasteiger partial charge in [0.15, 0.2) is 0 Å². The van der Waals surface area contributed by atoms with Crippen molar-refractivity contribution in [3.8, 4) is 0 Å². The van der Waals surface area contributed by atoms with Gasteiger partial charge in [0.05, 0.1) is 19.3 Å². The normalized spacial score (nSPS) is 19.6. The number of aromatic nitrogens is 2. The predicted molar refractivity (Wildman–Crippen MR) is 32.1 cm³/mol. The Hall–Kier alpha value is -0.830. The molecule has 1 fully saturated rings. The second kappa shape index (κ2) is 1.84. The van der Waals surface area contributed by atoms with E-state index in [-0.39, 0.29) is 0 Å². The van der Waals surface area contributed by atoms with E-state index in [1.165, 1.54) is 0 Å². The summed E-state index contributed by atoms with van der Waals surface area (Å²) in [4.78, 5) is 0. The zero-order valence-corrected chi connectivity index (χ0v) is 5.03. The highest BCUT2D eigenvalue weighted by molar-refractivity contribution is 4.83. The molecule has 1 aromatic rings. The molecular weight excluding hydrogens is 116 g/mol. The predicted octanol–water partition coefficient (Wildman–Crippen LogP) is 0.454. The first-order valence-corrected chi connectivity index (χ1v) is 3.04. The van der Waals surface area contributed by atoms with Gasteiger partial charge in [-0.25, -0.2) is 0 Å². The standard InChI is InChI=1S/C6H8N2O/c1-2-7-8(3-1)6-4-9-5-6/h1-3,6H,4-5H2. The Kier molecular flexibility index (Phi) is 1.02. The second-order valence-electron chi connectivity index (χ2n) is 2.18. The Morgan fingerprint density at radius 1 is 1.56 bits per heavy atom. The molecule has 1 saturated heterocycles. The van der Waals surface area contributed by atoms with E-state index in [2.05, 4.69) is 5.10 Å². The molecule has 1 aliphatic heterocycles. The van der Waals surface area contributed by atoms with Gasteiger partial charge in [-0.05, 0) is 6.07 Å². The number of ether oxygens (including phenoxy) is 1. The number of nitrogens with zero attached hydrogens (tertiary/aromatic N) is 2. The molecule has 0 bridgehead atoms. The van der Waals surface area contributed by atoms with E-state index in [0.717, 1.165) is 13.2 Å². The monoisotopic (exact) mass is 124 g/mol. The summed E-state index contributed by atoms with van der Waals surface area (Å²) in [6.45, 7) is 1.64. The molecular formula is C6H8N2O. The summed E-state index contributed by atoms with van der Waals surface area (Å²) in [5.74, 6) is 0. The lowest BCUT2D eigenvalue weighted by Crippen LogP contribution is -2.30. The summed E-state index contributed by atoms with van der Waals surface area (Å²) in [7, 11) is 0. The van der Waals surface area contributed by atoms with Gasteiger partial charge in [0, 0.05) is 12.4 Å². The average Bonchev–Trinajstić information content (AvgIpc) is 2.11. The SMILES string of the molecule is c1cnn(C2COC2)c1. The molecule has 2 rings (SSSR count). The highest BCUT2D eigenvalue weighted by Gasteiger charge is 2.19. The van der Waals surface area contributed by atoms with Crippen LogP contribution < -0.4 is 0 Å². The third-order valence-electron chi connectivity index (χ3n) is 1.52. The van der Waals surface area contributed by atoms with Crippen LogP contribution in [-0.4, -0.2) is 23.0 Å². The van der Waals surface area contributed by atoms with Gasteiger partial charge >= 0.3 is 0 Å². The van der Waals surface area contributed by atoms with E-state index in [4.69, 9.17) is 4.74 Å². The van der Waals surface area contributed by atoms with Gasteiger partial charge in [-0.15, -0.1) is 0 Å². The van der Waals surface area contributed by atoms with Crippen LogP contribution in [0.4, 0.5) is 0 Å². The molecule has 48 valence electrons. The van der Waals surface area contributed by atoms with Gasteiger partial charge in [0.25, 0.3) is 0 Å².